The van der Waals surface area contributed by atoms with Crippen LogP contribution in [0.1, 0.15) is 27.6 Å². The summed E-state index contributed by atoms with van der Waals surface area (Å²) in [5.41, 5.74) is 5.16. The third kappa shape index (κ3) is 3.34. The Balaban J connectivity index is 2.12. The maximum Gasteiger partial charge on any atom is 0.0701 e. The summed E-state index contributed by atoms with van der Waals surface area (Å²) in [5, 5.41) is 2.17. The first-order chi connectivity index (χ1) is 8.06. The van der Waals surface area contributed by atoms with E-state index in [1.165, 1.54) is 22.3 Å². The Labute approximate surface area is 120 Å². The molecule has 0 saturated carbocycles. The second kappa shape index (κ2) is 5.55. The highest BCUT2D eigenvalue weighted by Gasteiger charge is 2.11. The Hall–Kier alpha value is -0.310. The number of benzene rings is 1. The Kier molecular flexibility index (Phi) is 4.29. The van der Waals surface area contributed by atoms with Crippen LogP contribution in [0.5, 0.6) is 0 Å². The molecular weight excluding hydrogens is 316 g/mol. The van der Waals surface area contributed by atoms with Gasteiger partial charge in [0.15, 0.2) is 0 Å². The molecule has 1 aromatic heterocycles. The van der Waals surface area contributed by atoms with E-state index in [4.69, 9.17) is 11.6 Å². The highest BCUT2D eigenvalue weighted by atomic mass is 79.9. The number of alkyl halides is 1. The van der Waals surface area contributed by atoms with E-state index in [-0.39, 0.29) is 5.38 Å². The fourth-order valence-corrected chi connectivity index (χ4v) is 3.35. The fraction of sp³-hybridized carbons (Fsp3) is 0.286. The summed E-state index contributed by atoms with van der Waals surface area (Å²) in [5.74, 6) is 0. The summed E-state index contributed by atoms with van der Waals surface area (Å²) in [4.78, 5) is 0. The molecule has 3 heteroatoms. The van der Waals surface area contributed by atoms with Crippen LogP contribution in [-0.2, 0) is 6.42 Å². The van der Waals surface area contributed by atoms with Crippen LogP contribution in [0, 0.1) is 13.8 Å². The van der Waals surface area contributed by atoms with Gasteiger partial charge >= 0.3 is 0 Å². The average molecular weight is 330 g/mol. The quantitative estimate of drug-likeness (QED) is 0.638. The molecule has 2 rings (SSSR count). The van der Waals surface area contributed by atoms with Gasteiger partial charge in [0.25, 0.3) is 0 Å². The van der Waals surface area contributed by atoms with Crippen molar-refractivity contribution in [3.63, 3.8) is 0 Å². The van der Waals surface area contributed by atoms with E-state index in [0.717, 1.165) is 10.2 Å². The number of rotatable bonds is 3. The van der Waals surface area contributed by atoms with E-state index in [2.05, 4.69) is 59.4 Å². The van der Waals surface area contributed by atoms with E-state index < -0.39 is 0 Å². The van der Waals surface area contributed by atoms with Crippen LogP contribution in [0.4, 0.5) is 0 Å². The van der Waals surface area contributed by atoms with Crippen LogP contribution in [0.3, 0.4) is 0 Å². The smallest absolute Gasteiger partial charge is 0.0701 e. The third-order valence-electron chi connectivity index (χ3n) is 2.94. The predicted molar refractivity (Wildman–Crippen MR) is 80.2 cm³/mol. The molecule has 0 nitrogen and oxygen atoms in total. The van der Waals surface area contributed by atoms with Crippen molar-refractivity contribution in [3.05, 3.63) is 55.7 Å². The van der Waals surface area contributed by atoms with Crippen LogP contribution in [0.15, 0.2) is 33.4 Å². The van der Waals surface area contributed by atoms with E-state index in [1.807, 2.05) is 0 Å². The molecule has 0 radical (unpaired) electrons. The molecule has 0 aliphatic carbocycles. The van der Waals surface area contributed by atoms with E-state index in [9.17, 15) is 0 Å². The first-order valence-electron chi connectivity index (χ1n) is 5.50. The highest BCUT2D eigenvalue weighted by molar-refractivity contribution is 9.11. The molecule has 90 valence electrons. The van der Waals surface area contributed by atoms with Gasteiger partial charge in [0.1, 0.15) is 0 Å². The molecule has 1 unspecified atom stereocenters. The molecular formula is C14H14BrClS. The van der Waals surface area contributed by atoms with E-state index in [1.54, 1.807) is 11.3 Å². The second-order valence-corrected chi connectivity index (χ2v) is 7.09. The number of thiophene rings is 1. The van der Waals surface area contributed by atoms with Crippen molar-refractivity contribution in [1.29, 1.82) is 0 Å². The van der Waals surface area contributed by atoms with Gasteiger partial charge in [0.05, 0.1) is 9.16 Å². The minimum Gasteiger partial charge on any atom is -0.136 e. The maximum atomic E-state index is 6.43. The second-order valence-electron chi connectivity index (χ2n) is 4.27. The number of hydrogen-bond donors (Lipinski definition) is 0. The molecule has 0 aliphatic rings. The lowest BCUT2D eigenvalue weighted by Gasteiger charge is -2.09. The molecule has 17 heavy (non-hydrogen) atoms. The van der Waals surface area contributed by atoms with Crippen molar-refractivity contribution in [2.24, 2.45) is 0 Å². The minimum absolute atomic E-state index is 0.0552. The van der Waals surface area contributed by atoms with Crippen molar-refractivity contribution in [2.75, 3.05) is 0 Å². The van der Waals surface area contributed by atoms with Crippen LogP contribution in [0.2, 0.25) is 0 Å². The minimum atomic E-state index is 0.0552. The lowest BCUT2D eigenvalue weighted by molar-refractivity contribution is 0.922. The fourth-order valence-electron chi connectivity index (χ4n) is 1.74. The maximum absolute atomic E-state index is 6.43. The standard InChI is InChI=1S/C14H14BrClS/c1-9-3-4-11(5-10(9)2)6-13(16)12-7-14(15)17-8-12/h3-5,7-8,13H,6H2,1-2H3. The summed E-state index contributed by atoms with van der Waals surface area (Å²) >= 11 is 11.6. The summed E-state index contributed by atoms with van der Waals surface area (Å²) in [7, 11) is 0. The monoisotopic (exact) mass is 328 g/mol. The SMILES string of the molecule is Cc1ccc(CC(Cl)c2csc(Br)c2)cc1C. The number of halogens is 2. The van der Waals surface area contributed by atoms with Gasteiger partial charge in [-0.1, -0.05) is 18.2 Å². The average Bonchev–Trinajstić information content (AvgIpc) is 2.70. The molecule has 0 fully saturated rings. The molecule has 0 spiro atoms. The van der Waals surface area contributed by atoms with Gasteiger partial charge in [-0.25, -0.2) is 0 Å². The summed E-state index contributed by atoms with van der Waals surface area (Å²) in [6.07, 6.45) is 0.881. The Morgan fingerprint density at radius 1 is 1.24 bits per heavy atom. The van der Waals surface area contributed by atoms with Crippen molar-refractivity contribution in [3.8, 4) is 0 Å². The van der Waals surface area contributed by atoms with Crippen LogP contribution < -0.4 is 0 Å². The lowest BCUT2D eigenvalue weighted by atomic mass is 10.0. The van der Waals surface area contributed by atoms with Crippen molar-refractivity contribution >= 4 is 38.9 Å². The molecule has 0 saturated heterocycles. The van der Waals surface area contributed by atoms with Gasteiger partial charge in [-0.3, -0.25) is 0 Å². The van der Waals surface area contributed by atoms with Crippen molar-refractivity contribution in [1.82, 2.24) is 0 Å². The number of aryl methyl sites for hydroxylation is 2. The van der Waals surface area contributed by atoms with Gasteiger partial charge in [0.2, 0.25) is 0 Å². The molecule has 0 bridgehead atoms. The first kappa shape index (κ1) is 13.1. The molecule has 1 atom stereocenters. The Morgan fingerprint density at radius 2 is 2.00 bits per heavy atom. The largest absolute Gasteiger partial charge is 0.136 e. The molecule has 1 aromatic carbocycles. The normalized spacial score (nSPS) is 12.7. The summed E-state index contributed by atoms with van der Waals surface area (Å²) in [6.45, 7) is 4.27. The summed E-state index contributed by atoms with van der Waals surface area (Å²) < 4.78 is 1.14. The zero-order valence-electron chi connectivity index (χ0n) is 9.84. The van der Waals surface area contributed by atoms with Gasteiger partial charge in [-0.15, -0.1) is 22.9 Å². The third-order valence-corrected chi connectivity index (χ3v) is 4.86. The number of hydrogen-bond acceptors (Lipinski definition) is 1. The van der Waals surface area contributed by atoms with E-state index in [0.29, 0.717) is 0 Å². The van der Waals surface area contributed by atoms with Crippen molar-refractivity contribution < 1.29 is 0 Å². The van der Waals surface area contributed by atoms with Crippen molar-refractivity contribution in [2.45, 2.75) is 25.6 Å². The zero-order chi connectivity index (χ0) is 12.4. The first-order valence-corrected chi connectivity index (χ1v) is 7.61. The predicted octanol–water partition coefficient (Wildman–Crippen LogP) is 5.65. The molecule has 0 amide bonds. The molecule has 0 aliphatic heterocycles. The summed E-state index contributed by atoms with van der Waals surface area (Å²) in [6, 6.07) is 8.66. The van der Waals surface area contributed by atoms with Crippen LogP contribution in [-0.4, -0.2) is 0 Å². The van der Waals surface area contributed by atoms with Gasteiger partial charge in [-0.2, -0.15) is 0 Å². The topological polar surface area (TPSA) is 0 Å². The van der Waals surface area contributed by atoms with Gasteiger partial charge < -0.3 is 0 Å². The van der Waals surface area contributed by atoms with Gasteiger partial charge in [0, 0.05) is 0 Å². The lowest BCUT2D eigenvalue weighted by Crippen LogP contribution is -1.95. The Bertz CT molecular complexity index is 519. The highest BCUT2D eigenvalue weighted by Crippen LogP contribution is 2.31. The Morgan fingerprint density at radius 3 is 2.59 bits per heavy atom. The van der Waals surface area contributed by atoms with Crippen LogP contribution in [0.25, 0.3) is 0 Å². The molecule has 2 aromatic rings. The van der Waals surface area contributed by atoms with E-state index >= 15 is 0 Å². The molecule has 1 heterocycles. The van der Waals surface area contributed by atoms with Crippen LogP contribution >= 0.6 is 38.9 Å². The molecule has 0 N–H and O–H groups in total. The zero-order valence-corrected chi connectivity index (χ0v) is 13.0. The van der Waals surface area contributed by atoms with Gasteiger partial charge in [-0.05, 0) is 69.9 Å².